The van der Waals surface area contributed by atoms with Gasteiger partial charge in [-0.3, -0.25) is 9.59 Å². The van der Waals surface area contributed by atoms with E-state index in [4.69, 9.17) is 14.2 Å². The van der Waals surface area contributed by atoms with Crippen molar-refractivity contribution in [1.29, 1.82) is 0 Å². The van der Waals surface area contributed by atoms with Gasteiger partial charge in [-0.15, -0.1) is 0 Å². The van der Waals surface area contributed by atoms with Crippen molar-refractivity contribution in [1.82, 2.24) is 4.98 Å². The molecular weight excluding hydrogens is 609 g/mol. The van der Waals surface area contributed by atoms with Gasteiger partial charge in [0.25, 0.3) is 5.79 Å². The van der Waals surface area contributed by atoms with Crippen LogP contribution in [0.3, 0.4) is 0 Å². The maximum atomic E-state index is 13.6. The van der Waals surface area contributed by atoms with Crippen LogP contribution in [-0.4, -0.2) is 22.7 Å². The first-order valence-electron chi connectivity index (χ1n) is 11.5. The lowest BCUT2D eigenvalue weighted by atomic mass is 9.80. The normalized spacial score (nSPS) is 16.4. The summed E-state index contributed by atoms with van der Waals surface area (Å²) >= 11 is 7.14. The average Bonchev–Trinajstić information content (AvgIpc) is 3.24. The van der Waals surface area contributed by atoms with Crippen molar-refractivity contribution in [3.8, 4) is 5.75 Å². The summed E-state index contributed by atoms with van der Waals surface area (Å²) in [5, 5.41) is 0.872. The van der Waals surface area contributed by atoms with Gasteiger partial charge in [-0.05, 0) is 78.9 Å². The fourth-order valence-electron chi connectivity index (χ4n) is 4.58. The molecule has 0 amide bonds. The Bertz CT molecular complexity index is 1470. The number of carbonyl (C=O) groups is 2. The van der Waals surface area contributed by atoms with Gasteiger partial charge < -0.3 is 19.2 Å². The van der Waals surface area contributed by atoms with E-state index in [1.54, 1.807) is 30.5 Å². The molecule has 0 unspecified atom stereocenters. The smallest absolute Gasteiger partial charge is 0.324 e. The van der Waals surface area contributed by atoms with Crippen molar-refractivity contribution in [3.05, 3.63) is 98.3 Å². The molecule has 0 bridgehead atoms. The fraction of sp³-hybridized carbons (Fsp3) is 0.214. The number of para-hydroxylation sites is 1. The first-order valence-corrected chi connectivity index (χ1v) is 13.1. The number of nitrogens with one attached hydrogen (secondary N) is 1. The van der Waals surface area contributed by atoms with E-state index in [1.165, 1.54) is 26.0 Å². The van der Waals surface area contributed by atoms with Gasteiger partial charge in [-0.1, -0.05) is 30.3 Å². The Hall–Kier alpha value is -3.17. The second-order valence-corrected chi connectivity index (χ2v) is 10.9. The Morgan fingerprint density at radius 2 is 1.68 bits per heavy atom. The molecule has 1 atom stereocenters. The van der Waals surface area contributed by atoms with Crippen LogP contribution in [0.4, 0.5) is 4.39 Å². The third-order valence-electron chi connectivity index (χ3n) is 6.14. The molecule has 0 spiro atoms. The van der Waals surface area contributed by atoms with Gasteiger partial charge in [0.15, 0.2) is 5.92 Å². The monoisotopic (exact) mass is 629 g/mol. The Kier molecular flexibility index (Phi) is 6.85. The number of carbonyl (C=O) groups excluding carboxylic acids is 2. The highest BCUT2D eigenvalue weighted by Crippen LogP contribution is 2.44. The van der Waals surface area contributed by atoms with E-state index in [1.807, 2.05) is 24.3 Å². The number of ether oxygens (including phenoxy) is 3. The Labute approximate surface area is 229 Å². The second kappa shape index (κ2) is 9.95. The number of cyclic esters (lactones) is 2. The molecule has 3 aromatic carbocycles. The van der Waals surface area contributed by atoms with Crippen LogP contribution in [0.1, 0.15) is 36.5 Å². The number of aromatic nitrogens is 1. The highest BCUT2D eigenvalue weighted by atomic mass is 79.9. The first kappa shape index (κ1) is 25.5. The maximum absolute atomic E-state index is 13.6. The Balaban J connectivity index is 1.57. The standard InChI is InChI=1S/C28H22Br2FNO5/c1-28(2)36-26(33)24(27(34)37-28)23(19-13-32-22-9-4-3-8-18(19)22)16-11-20(29)25(21(30)12-16)35-14-15-6-5-7-17(31)10-15/h3-13,23-24,32H,14H2,1-2H3/t23-/m0/s1. The number of benzene rings is 3. The van der Waals surface area contributed by atoms with Gasteiger partial charge in [0, 0.05) is 36.9 Å². The number of fused-ring (bicyclic) bond motifs is 1. The van der Waals surface area contributed by atoms with Crippen LogP contribution >= 0.6 is 31.9 Å². The molecule has 1 N–H and O–H groups in total. The Morgan fingerprint density at radius 1 is 1.00 bits per heavy atom. The minimum atomic E-state index is -1.34. The number of H-pyrrole nitrogens is 1. The van der Waals surface area contributed by atoms with E-state index in [0.29, 0.717) is 25.8 Å². The van der Waals surface area contributed by atoms with Crippen LogP contribution in [0.25, 0.3) is 10.9 Å². The van der Waals surface area contributed by atoms with Crippen molar-refractivity contribution >= 4 is 54.7 Å². The molecule has 1 aliphatic heterocycles. The Morgan fingerprint density at radius 3 is 2.35 bits per heavy atom. The molecule has 37 heavy (non-hydrogen) atoms. The average molecular weight is 631 g/mol. The minimum Gasteiger partial charge on any atom is -0.487 e. The van der Waals surface area contributed by atoms with Gasteiger partial charge in [-0.2, -0.15) is 0 Å². The largest absolute Gasteiger partial charge is 0.487 e. The summed E-state index contributed by atoms with van der Waals surface area (Å²) in [5.41, 5.74) is 2.96. The zero-order valence-electron chi connectivity index (χ0n) is 19.9. The summed E-state index contributed by atoms with van der Waals surface area (Å²) in [4.78, 5) is 29.6. The summed E-state index contributed by atoms with van der Waals surface area (Å²) in [5.74, 6) is -4.43. The lowest BCUT2D eigenvalue weighted by molar-refractivity contribution is -0.240. The molecule has 5 rings (SSSR count). The lowest BCUT2D eigenvalue weighted by Crippen LogP contribution is -2.48. The van der Waals surface area contributed by atoms with Crippen molar-refractivity contribution in [2.24, 2.45) is 5.92 Å². The van der Waals surface area contributed by atoms with Crippen LogP contribution in [0.2, 0.25) is 0 Å². The maximum Gasteiger partial charge on any atom is 0.324 e. The molecule has 0 aliphatic carbocycles. The van der Waals surface area contributed by atoms with Gasteiger partial charge in [0.2, 0.25) is 0 Å². The summed E-state index contributed by atoms with van der Waals surface area (Å²) in [7, 11) is 0. The number of aromatic amines is 1. The number of hydrogen-bond acceptors (Lipinski definition) is 5. The number of esters is 2. The lowest BCUT2D eigenvalue weighted by Gasteiger charge is -2.36. The van der Waals surface area contributed by atoms with Gasteiger partial charge in [-0.25, -0.2) is 4.39 Å². The molecule has 0 saturated carbocycles. The van der Waals surface area contributed by atoms with Crippen LogP contribution in [0.5, 0.6) is 5.75 Å². The van der Waals surface area contributed by atoms with Crippen LogP contribution in [-0.2, 0) is 25.7 Å². The van der Waals surface area contributed by atoms with Crippen LogP contribution in [0, 0.1) is 11.7 Å². The summed E-state index contributed by atoms with van der Waals surface area (Å²) in [6.07, 6.45) is 1.80. The number of hydrogen-bond donors (Lipinski definition) is 1. The van der Waals surface area contributed by atoms with Gasteiger partial charge in [0.05, 0.1) is 8.95 Å². The van der Waals surface area contributed by atoms with E-state index >= 15 is 0 Å². The molecule has 1 fully saturated rings. The summed E-state index contributed by atoms with van der Waals surface area (Å²) in [6.45, 7) is 3.20. The predicted octanol–water partition coefficient (Wildman–Crippen LogP) is 7.00. The SMILES string of the molecule is CC1(C)OC(=O)C([C@@H](c2cc(Br)c(OCc3cccc(F)c3)c(Br)c2)c2c[nH]c3ccccc23)C(=O)O1. The molecule has 1 aliphatic rings. The number of rotatable bonds is 6. The minimum absolute atomic E-state index is 0.149. The molecule has 1 aromatic heterocycles. The van der Waals surface area contributed by atoms with Crippen LogP contribution in [0.15, 0.2) is 75.8 Å². The molecule has 190 valence electrons. The predicted molar refractivity (Wildman–Crippen MR) is 142 cm³/mol. The summed E-state index contributed by atoms with van der Waals surface area (Å²) < 4.78 is 31.7. The van der Waals surface area contributed by atoms with E-state index in [9.17, 15) is 14.0 Å². The van der Waals surface area contributed by atoms with Crippen molar-refractivity contribution in [2.75, 3.05) is 0 Å². The van der Waals surface area contributed by atoms with Crippen molar-refractivity contribution < 1.29 is 28.2 Å². The molecule has 9 heteroatoms. The molecule has 1 saturated heterocycles. The topological polar surface area (TPSA) is 77.6 Å². The fourth-order valence-corrected chi connectivity index (χ4v) is 6.03. The second-order valence-electron chi connectivity index (χ2n) is 9.22. The highest BCUT2D eigenvalue weighted by molar-refractivity contribution is 9.11. The quantitative estimate of drug-likeness (QED) is 0.183. The number of halogens is 3. The van der Waals surface area contributed by atoms with Crippen molar-refractivity contribution in [3.63, 3.8) is 0 Å². The van der Waals surface area contributed by atoms with E-state index in [0.717, 1.165) is 16.5 Å². The van der Waals surface area contributed by atoms with Gasteiger partial charge >= 0.3 is 11.9 Å². The first-order chi connectivity index (χ1) is 17.6. The molecule has 0 radical (unpaired) electrons. The van der Waals surface area contributed by atoms with E-state index in [2.05, 4.69) is 36.8 Å². The molecular formula is C28H22Br2FNO5. The summed E-state index contributed by atoms with van der Waals surface area (Å²) in [6, 6.07) is 17.4. The van der Waals surface area contributed by atoms with Crippen molar-refractivity contribution in [2.45, 2.75) is 32.2 Å². The third kappa shape index (κ3) is 5.15. The zero-order valence-corrected chi connectivity index (χ0v) is 23.1. The zero-order chi connectivity index (χ0) is 26.3. The van der Waals surface area contributed by atoms with Gasteiger partial charge in [0.1, 0.15) is 18.2 Å². The third-order valence-corrected chi connectivity index (χ3v) is 7.32. The molecule has 6 nitrogen and oxygen atoms in total. The highest BCUT2D eigenvalue weighted by Gasteiger charge is 2.48. The van der Waals surface area contributed by atoms with E-state index < -0.39 is 29.6 Å². The van der Waals surface area contributed by atoms with E-state index in [-0.39, 0.29) is 12.4 Å². The molecule has 2 heterocycles. The molecule has 4 aromatic rings. The van der Waals surface area contributed by atoms with Crippen LogP contribution < -0.4 is 4.74 Å².